The summed E-state index contributed by atoms with van der Waals surface area (Å²) < 4.78 is 28.5. The van der Waals surface area contributed by atoms with Gasteiger partial charge in [-0.25, -0.2) is 0 Å². The highest BCUT2D eigenvalue weighted by molar-refractivity contribution is 7.87. The quantitative estimate of drug-likeness (QED) is 0.831. The van der Waals surface area contributed by atoms with Gasteiger partial charge in [0.25, 0.3) is 0 Å². The molecule has 0 radical (unpaired) electrons. The van der Waals surface area contributed by atoms with Crippen LogP contribution in [0.2, 0.25) is 0 Å². The van der Waals surface area contributed by atoms with Crippen molar-refractivity contribution in [2.45, 2.75) is 4.90 Å². The van der Waals surface area contributed by atoms with Gasteiger partial charge in [0.05, 0.1) is 0 Å². The maximum Gasteiger partial charge on any atom is 0.339 e. The molecule has 0 amide bonds. The van der Waals surface area contributed by atoms with Crippen molar-refractivity contribution in [2.75, 3.05) is 0 Å². The maximum absolute atomic E-state index is 11.8. The van der Waals surface area contributed by atoms with Gasteiger partial charge in [-0.2, -0.15) is 8.42 Å². The molecule has 0 atom stereocenters. The summed E-state index contributed by atoms with van der Waals surface area (Å²) in [6.07, 6.45) is 0. The Balaban J connectivity index is 0.00000144. The van der Waals surface area contributed by atoms with Gasteiger partial charge in [0.1, 0.15) is 10.6 Å². The van der Waals surface area contributed by atoms with Crippen LogP contribution in [0.3, 0.4) is 0 Å². The van der Waals surface area contributed by atoms with Gasteiger partial charge in [0, 0.05) is 0 Å². The third-order valence-electron chi connectivity index (χ3n) is 1.98. The van der Waals surface area contributed by atoms with E-state index >= 15 is 0 Å². The molecule has 18 heavy (non-hydrogen) atoms. The molecule has 2 aromatic carbocycles. The van der Waals surface area contributed by atoms with Crippen LogP contribution in [0, 0.1) is 0 Å². The monoisotopic (exact) mass is 268 g/mol. The van der Waals surface area contributed by atoms with Crippen LogP contribution in [0.5, 0.6) is 5.75 Å². The van der Waals surface area contributed by atoms with Crippen LogP contribution in [0.1, 0.15) is 0 Å². The number of benzene rings is 2. The summed E-state index contributed by atoms with van der Waals surface area (Å²) >= 11 is 0. The van der Waals surface area contributed by atoms with Gasteiger partial charge in [-0.15, -0.1) is 0 Å². The first-order valence-electron chi connectivity index (χ1n) is 4.73. The summed E-state index contributed by atoms with van der Waals surface area (Å²) in [4.78, 5) is 0.152. The molecule has 0 bridgehead atoms. The zero-order valence-corrected chi connectivity index (χ0v) is 10.6. The first kappa shape index (κ1) is 16.1. The lowest BCUT2D eigenvalue weighted by Crippen LogP contribution is -2.09. The smallest absolute Gasteiger partial charge is 0.339 e. The van der Waals surface area contributed by atoms with Gasteiger partial charge in [-0.1, -0.05) is 36.4 Å². The van der Waals surface area contributed by atoms with E-state index in [0.717, 1.165) is 0 Å². The first-order chi connectivity index (χ1) is 7.68. The van der Waals surface area contributed by atoms with E-state index in [1.54, 1.807) is 48.5 Å². The molecule has 6 heteroatoms. The molecule has 0 saturated carbocycles. The third-order valence-corrected chi connectivity index (χ3v) is 3.24. The minimum absolute atomic E-state index is 0. The fraction of sp³-hybridized carbons (Fsp3) is 0. The Morgan fingerprint density at radius 3 is 1.67 bits per heavy atom. The van der Waals surface area contributed by atoms with E-state index in [-0.39, 0.29) is 17.2 Å². The van der Waals surface area contributed by atoms with Gasteiger partial charge in [-0.05, 0) is 24.3 Å². The van der Waals surface area contributed by atoms with Crippen LogP contribution in [-0.4, -0.2) is 8.42 Å². The Bertz CT molecular complexity index is 556. The molecule has 0 aliphatic rings. The molecule has 5 nitrogen and oxygen atoms in total. The lowest BCUT2D eigenvalue weighted by atomic mass is 10.3. The summed E-state index contributed by atoms with van der Waals surface area (Å²) in [6.45, 7) is 0. The topological polar surface area (TPSA) is 113 Å². The van der Waals surface area contributed by atoms with Crippen molar-refractivity contribution in [3.05, 3.63) is 60.7 Å². The highest BCUT2D eigenvalue weighted by atomic mass is 32.2. The van der Waals surface area contributed by atoms with Crippen LogP contribution in [0.15, 0.2) is 65.6 Å². The van der Waals surface area contributed by atoms with Crippen molar-refractivity contribution < 1.29 is 12.6 Å². The normalized spacial score (nSPS) is 9.78. The van der Waals surface area contributed by atoms with Crippen molar-refractivity contribution in [1.29, 1.82) is 0 Å². The van der Waals surface area contributed by atoms with Gasteiger partial charge in [0.2, 0.25) is 0 Å². The van der Waals surface area contributed by atoms with E-state index in [2.05, 4.69) is 0 Å². The van der Waals surface area contributed by atoms with E-state index in [1.807, 2.05) is 0 Å². The van der Waals surface area contributed by atoms with Crippen LogP contribution in [0.4, 0.5) is 0 Å². The molecule has 0 fully saturated rings. The largest absolute Gasteiger partial charge is 0.379 e. The fourth-order valence-electron chi connectivity index (χ4n) is 1.24. The lowest BCUT2D eigenvalue weighted by Gasteiger charge is -2.05. The summed E-state index contributed by atoms with van der Waals surface area (Å²) in [6, 6.07) is 16.5. The minimum atomic E-state index is -3.71. The maximum atomic E-state index is 11.8. The van der Waals surface area contributed by atoms with Crippen molar-refractivity contribution in [2.24, 2.45) is 0 Å². The minimum Gasteiger partial charge on any atom is -0.379 e. The van der Waals surface area contributed by atoms with Gasteiger partial charge in [-0.3, -0.25) is 0 Å². The number of rotatable bonds is 3. The molecule has 98 valence electrons. The second kappa shape index (κ2) is 6.75. The summed E-state index contributed by atoms with van der Waals surface area (Å²) in [5.74, 6) is 0.311. The van der Waals surface area contributed by atoms with Crippen LogP contribution < -0.4 is 16.5 Å². The first-order valence-corrected chi connectivity index (χ1v) is 6.14. The van der Waals surface area contributed by atoms with Crippen LogP contribution in [-0.2, 0) is 10.1 Å². The van der Waals surface area contributed by atoms with E-state index in [4.69, 9.17) is 4.18 Å². The molecular formula is C12H16N2O3S. The van der Waals surface area contributed by atoms with Gasteiger partial charge in [0.15, 0.2) is 0 Å². The fourth-order valence-corrected chi connectivity index (χ4v) is 2.19. The molecule has 0 saturated heterocycles. The summed E-state index contributed by atoms with van der Waals surface area (Å²) in [5, 5.41) is 0. The van der Waals surface area contributed by atoms with Crippen molar-refractivity contribution in [3.8, 4) is 5.75 Å². The third kappa shape index (κ3) is 3.85. The average Bonchev–Trinajstić information content (AvgIpc) is 2.31. The second-order valence-electron chi connectivity index (χ2n) is 3.16. The van der Waals surface area contributed by atoms with Crippen LogP contribution in [0.25, 0.3) is 0 Å². The summed E-state index contributed by atoms with van der Waals surface area (Å²) in [7, 11) is -3.71. The van der Waals surface area contributed by atoms with E-state index in [1.165, 1.54) is 12.1 Å². The SMILES string of the molecule is N.N.O=S(=O)(Oc1ccccc1)c1ccccc1. The average molecular weight is 268 g/mol. The second-order valence-corrected chi connectivity index (χ2v) is 4.71. The van der Waals surface area contributed by atoms with E-state index in [0.29, 0.717) is 5.75 Å². The van der Waals surface area contributed by atoms with E-state index < -0.39 is 10.1 Å². The molecule has 0 aliphatic carbocycles. The molecule has 0 spiro atoms. The molecule has 0 unspecified atom stereocenters. The summed E-state index contributed by atoms with van der Waals surface area (Å²) in [5.41, 5.74) is 0. The van der Waals surface area contributed by atoms with Crippen molar-refractivity contribution in [1.82, 2.24) is 12.3 Å². The molecule has 6 N–H and O–H groups in total. The van der Waals surface area contributed by atoms with E-state index in [9.17, 15) is 8.42 Å². The molecule has 0 aromatic heterocycles. The number of hydrogen-bond acceptors (Lipinski definition) is 5. The number of para-hydroxylation sites is 1. The molecule has 2 aromatic rings. The highest BCUT2D eigenvalue weighted by Gasteiger charge is 2.15. The van der Waals surface area contributed by atoms with Gasteiger partial charge < -0.3 is 16.5 Å². The Hall–Kier alpha value is -1.89. The standard InChI is InChI=1S/C12H10O3S.2H3N/c13-16(14,12-9-5-2-6-10-12)15-11-7-3-1-4-8-11;;/h1-10H;2*1H3. The van der Waals surface area contributed by atoms with Gasteiger partial charge >= 0.3 is 10.1 Å². The predicted molar refractivity (Wildman–Crippen MR) is 70.7 cm³/mol. The Labute approximate surface area is 107 Å². The zero-order valence-electron chi connectivity index (χ0n) is 9.82. The number of hydrogen-bond donors (Lipinski definition) is 2. The lowest BCUT2D eigenvalue weighted by molar-refractivity contribution is 0.486. The van der Waals surface area contributed by atoms with Crippen molar-refractivity contribution in [3.63, 3.8) is 0 Å². The Morgan fingerprint density at radius 2 is 1.17 bits per heavy atom. The van der Waals surface area contributed by atoms with Crippen molar-refractivity contribution >= 4 is 10.1 Å². The Morgan fingerprint density at radius 1 is 0.722 bits per heavy atom. The molecule has 0 aliphatic heterocycles. The zero-order chi connectivity index (χ0) is 11.4. The molecule has 0 heterocycles. The highest BCUT2D eigenvalue weighted by Crippen LogP contribution is 2.17. The molecule has 2 rings (SSSR count). The molecular weight excluding hydrogens is 252 g/mol. The predicted octanol–water partition coefficient (Wildman–Crippen LogP) is 2.78. The van der Waals surface area contributed by atoms with Crippen LogP contribution >= 0.6 is 0 Å². The Kier molecular flexibility index (Phi) is 6.04.